The molecule has 0 radical (unpaired) electrons. The number of rotatable bonds is 4. The number of nitriles is 1. The van der Waals surface area contributed by atoms with Gasteiger partial charge in [-0.2, -0.15) is 5.26 Å². The molecule has 0 aromatic heterocycles. The van der Waals surface area contributed by atoms with Crippen LogP contribution >= 0.6 is 0 Å². The van der Waals surface area contributed by atoms with Gasteiger partial charge in [0.25, 0.3) is 0 Å². The molecule has 1 spiro atoms. The molecule has 5 nitrogen and oxygen atoms in total. The minimum absolute atomic E-state index is 0.00752. The number of nitrogens with zero attached hydrogens (tertiary/aromatic N) is 2. The molecular weight excluding hydrogens is 316 g/mol. The van der Waals surface area contributed by atoms with Crippen molar-refractivity contribution >= 4 is 11.9 Å². The number of carbonyl (C=O) groups excluding carboxylic acids is 2. The maximum Gasteiger partial charge on any atom is 0.303 e. The van der Waals surface area contributed by atoms with Crippen LogP contribution in [0.25, 0.3) is 0 Å². The van der Waals surface area contributed by atoms with Crippen LogP contribution < -0.4 is 0 Å². The van der Waals surface area contributed by atoms with Crippen LogP contribution in [0.2, 0.25) is 0 Å². The Balaban J connectivity index is 1.86. The molecule has 1 aliphatic carbocycles. The van der Waals surface area contributed by atoms with Crippen LogP contribution in [0.5, 0.6) is 0 Å². The number of carbonyl (C=O) groups is 2. The second-order valence-corrected chi connectivity index (χ2v) is 8.06. The number of piperidine rings is 2. The number of hydrogen-bond donors (Lipinski definition) is 0. The summed E-state index contributed by atoms with van der Waals surface area (Å²) in [4.78, 5) is 26.5. The van der Waals surface area contributed by atoms with Crippen LogP contribution in [0.1, 0.15) is 65.2 Å². The summed E-state index contributed by atoms with van der Waals surface area (Å²) in [5.41, 5.74) is 0.252. The maximum absolute atomic E-state index is 13.0. The Bertz CT molecular complexity index is 623. The predicted molar refractivity (Wildman–Crippen MR) is 93.3 cm³/mol. The average Bonchev–Trinajstić information content (AvgIpc) is 2.97. The highest BCUT2D eigenvalue weighted by Gasteiger charge is 2.57. The van der Waals surface area contributed by atoms with Crippen LogP contribution in [0.4, 0.5) is 0 Å². The molecule has 1 saturated carbocycles. The van der Waals surface area contributed by atoms with E-state index in [4.69, 9.17) is 4.74 Å². The molecule has 2 aliphatic heterocycles. The van der Waals surface area contributed by atoms with Gasteiger partial charge in [0.2, 0.25) is 5.91 Å². The molecule has 5 heteroatoms. The Morgan fingerprint density at radius 2 is 2.12 bits per heavy atom. The lowest BCUT2D eigenvalue weighted by Gasteiger charge is -2.57. The fourth-order valence-corrected chi connectivity index (χ4v) is 5.73. The van der Waals surface area contributed by atoms with Gasteiger partial charge in [-0.15, -0.1) is 0 Å². The van der Waals surface area contributed by atoms with E-state index in [9.17, 15) is 14.9 Å². The molecule has 0 bridgehead atoms. The molecule has 3 aliphatic rings. The van der Waals surface area contributed by atoms with E-state index in [2.05, 4.69) is 18.4 Å². The molecular formula is C20H28N2O3. The zero-order valence-electron chi connectivity index (χ0n) is 15.3. The third kappa shape index (κ3) is 3.07. The fourth-order valence-electron chi connectivity index (χ4n) is 5.73. The van der Waals surface area contributed by atoms with Crippen LogP contribution in [-0.2, 0) is 14.3 Å². The van der Waals surface area contributed by atoms with Crippen molar-refractivity contribution in [1.29, 1.82) is 5.26 Å². The van der Waals surface area contributed by atoms with Crippen LogP contribution in [-0.4, -0.2) is 34.5 Å². The van der Waals surface area contributed by atoms with Crippen LogP contribution in [0.15, 0.2) is 12.2 Å². The van der Waals surface area contributed by atoms with E-state index >= 15 is 0 Å². The van der Waals surface area contributed by atoms with Gasteiger partial charge >= 0.3 is 5.97 Å². The Morgan fingerprint density at radius 1 is 1.44 bits per heavy atom. The van der Waals surface area contributed by atoms with Gasteiger partial charge in [0.05, 0.1) is 11.6 Å². The highest BCUT2D eigenvalue weighted by Crippen LogP contribution is 2.54. The van der Waals surface area contributed by atoms with Crippen molar-refractivity contribution < 1.29 is 14.3 Å². The maximum atomic E-state index is 13.0. The van der Waals surface area contributed by atoms with Gasteiger partial charge in [0.15, 0.2) is 0 Å². The summed E-state index contributed by atoms with van der Waals surface area (Å²) in [6.07, 6.45) is 7.02. The van der Waals surface area contributed by atoms with Gasteiger partial charge in [-0.1, -0.05) is 19.9 Å². The van der Waals surface area contributed by atoms with Crippen LogP contribution in [0.3, 0.4) is 0 Å². The quantitative estimate of drug-likeness (QED) is 0.579. The Hall–Kier alpha value is -1.83. The first-order valence-electron chi connectivity index (χ1n) is 9.47. The first-order chi connectivity index (χ1) is 11.9. The van der Waals surface area contributed by atoms with Crippen molar-refractivity contribution in [2.75, 3.05) is 0 Å². The number of hydrogen-bond acceptors (Lipinski definition) is 4. The van der Waals surface area contributed by atoms with Crippen molar-refractivity contribution in [2.24, 2.45) is 11.8 Å². The summed E-state index contributed by atoms with van der Waals surface area (Å²) >= 11 is 0. The summed E-state index contributed by atoms with van der Waals surface area (Å²) in [5, 5.41) is 9.19. The molecule has 5 atom stereocenters. The normalized spacial score (nSPS) is 35.3. The minimum Gasteiger partial charge on any atom is -0.457 e. The fraction of sp³-hybridized carbons (Fsp3) is 0.750. The van der Waals surface area contributed by atoms with Crippen molar-refractivity contribution in [3.8, 4) is 6.07 Å². The van der Waals surface area contributed by atoms with E-state index in [1.54, 1.807) is 0 Å². The molecule has 0 aromatic rings. The van der Waals surface area contributed by atoms with E-state index in [1.165, 1.54) is 19.8 Å². The highest BCUT2D eigenvalue weighted by molar-refractivity contribution is 5.79. The summed E-state index contributed by atoms with van der Waals surface area (Å²) in [6.45, 7) is 7.32. The lowest BCUT2D eigenvalue weighted by molar-refractivity contribution is -0.161. The van der Waals surface area contributed by atoms with Gasteiger partial charge in [-0.3, -0.25) is 9.59 Å². The van der Waals surface area contributed by atoms with Crippen molar-refractivity contribution in [1.82, 2.24) is 4.90 Å². The predicted octanol–water partition coefficient (Wildman–Crippen LogP) is 3.35. The third-order valence-electron chi connectivity index (χ3n) is 6.59. The van der Waals surface area contributed by atoms with Gasteiger partial charge in [0.1, 0.15) is 6.10 Å². The van der Waals surface area contributed by atoms with Gasteiger partial charge < -0.3 is 9.64 Å². The first-order valence-corrected chi connectivity index (χ1v) is 9.47. The summed E-state index contributed by atoms with van der Waals surface area (Å²) in [6, 6.07) is 2.05. The largest absolute Gasteiger partial charge is 0.457 e. The number of amides is 1. The van der Waals surface area contributed by atoms with Crippen molar-refractivity contribution in [2.45, 2.75) is 82.9 Å². The Labute approximate surface area is 150 Å². The van der Waals surface area contributed by atoms with Gasteiger partial charge in [-0.05, 0) is 43.9 Å². The second-order valence-electron chi connectivity index (χ2n) is 8.06. The van der Waals surface area contributed by atoms with Crippen LogP contribution in [0, 0.1) is 23.2 Å². The number of esters is 1. The van der Waals surface area contributed by atoms with E-state index in [0.717, 1.165) is 25.7 Å². The zero-order chi connectivity index (χ0) is 18.2. The molecule has 2 saturated heterocycles. The highest BCUT2D eigenvalue weighted by atomic mass is 16.5. The molecule has 2 heterocycles. The number of ether oxygens (including phenoxy) is 1. The minimum atomic E-state index is -0.630. The topological polar surface area (TPSA) is 70.4 Å². The molecule has 0 N–H and O–H groups in total. The lowest BCUT2D eigenvalue weighted by atomic mass is 9.67. The molecule has 0 aromatic carbocycles. The molecule has 3 rings (SSSR count). The monoisotopic (exact) mass is 344 g/mol. The summed E-state index contributed by atoms with van der Waals surface area (Å²) in [5.74, 6) is 0.853. The Kier molecular flexibility index (Phi) is 4.90. The summed E-state index contributed by atoms with van der Waals surface area (Å²) in [7, 11) is 0. The second kappa shape index (κ2) is 6.82. The van der Waals surface area contributed by atoms with E-state index in [0.29, 0.717) is 24.7 Å². The average molecular weight is 344 g/mol. The Morgan fingerprint density at radius 3 is 2.76 bits per heavy atom. The molecule has 136 valence electrons. The zero-order valence-corrected chi connectivity index (χ0v) is 15.3. The van der Waals surface area contributed by atoms with E-state index in [-0.39, 0.29) is 23.1 Å². The molecule has 0 unspecified atom stereocenters. The van der Waals surface area contributed by atoms with Gasteiger partial charge in [-0.25, -0.2) is 0 Å². The van der Waals surface area contributed by atoms with Gasteiger partial charge in [0, 0.05) is 31.3 Å². The molecule has 25 heavy (non-hydrogen) atoms. The SMILES string of the molecule is C=C(C#N)[C@@H](C[C@H]1CCC[C@@]23CCC[C@@H]2[C@@H](C)CC(=O)N13)OC(C)=O. The molecule has 3 fully saturated rings. The summed E-state index contributed by atoms with van der Waals surface area (Å²) < 4.78 is 5.35. The van der Waals surface area contributed by atoms with E-state index in [1.807, 2.05) is 6.07 Å². The lowest BCUT2D eigenvalue weighted by Crippen LogP contribution is -2.65. The third-order valence-corrected chi connectivity index (χ3v) is 6.59. The van der Waals surface area contributed by atoms with Crippen molar-refractivity contribution in [3.63, 3.8) is 0 Å². The van der Waals surface area contributed by atoms with Crippen molar-refractivity contribution in [3.05, 3.63) is 12.2 Å². The standard InChI is InChI=1S/C20H28N2O3/c1-13-10-19(24)22-16(11-18(14(2)12-21)25-15(3)23)6-4-8-20(22)9-5-7-17(13)20/h13,16-18H,2,4-11H2,1,3H3/t13-,16+,17+,18+,20+/m0/s1. The molecule has 1 amide bonds. The first kappa shape index (κ1) is 18.0. The smallest absolute Gasteiger partial charge is 0.303 e. The van der Waals surface area contributed by atoms with E-state index < -0.39 is 12.1 Å².